The maximum atomic E-state index is 12.6. The van der Waals surface area contributed by atoms with Gasteiger partial charge >= 0.3 is 24.6 Å². The molecular formula is C7H8F7NO5. The first kappa shape index (κ1) is 18.7. The van der Waals surface area contributed by atoms with Gasteiger partial charge in [-0.05, 0) is 4.53 Å². The molecule has 120 valence electrons. The third-order valence-electron chi connectivity index (χ3n) is 1.47. The molecule has 0 unspecified atom stereocenters. The van der Waals surface area contributed by atoms with Crippen LogP contribution in [0.1, 0.15) is 0 Å². The summed E-state index contributed by atoms with van der Waals surface area (Å²) in [4.78, 5) is 12.0. The molecule has 0 aromatic carbocycles. The summed E-state index contributed by atoms with van der Waals surface area (Å²) in [6, 6.07) is 0. The maximum absolute atomic E-state index is 12.6. The molecule has 20 heavy (non-hydrogen) atoms. The number of carbonyl (C=O) groups excluding carboxylic acids is 1. The third kappa shape index (κ3) is 5.75. The molecule has 0 atom stereocenters. The molecule has 0 saturated carbocycles. The van der Waals surface area contributed by atoms with Crippen LogP contribution >= 0.6 is 0 Å². The van der Waals surface area contributed by atoms with Crippen molar-refractivity contribution in [3.8, 4) is 0 Å². The van der Waals surface area contributed by atoms with Crippen LogP contribution < -0.4 is 5.32 Å². The van der Waals surface area contributed by atoms with Crippen LogP contribution in [0.4, 0.5) is 35.7 Å². The van der Waals surface area contributed by atoms with Crippen molar-refractivity contribution in [1.29, 1.82) is 0 Å². The predicted molar refractivity (Wildman–Crippen MR) is 44.5 cm³/mol. The van der Waals surface area contributed by atoms with E-state index in [2.05, 4.69) is 14.2 Å². The Labute approximate surface area is 106 Å². The molecule has 0 bridgehead atoms. The van der Waals surface area contributed by atoms with E-state index in [1.54, 1.807) is 4.94 Å². The lowest BCUT2D eigenvalue weighted by molar-refractivity contribution is -0.546. The van der Waals surface area contributed by atoms with Gasteiger partial charge in [-0.15, -0.1) is 13.7 Å². The van der Waals surface area contributed by atoms with Gasteiger partial charge in [0.1, 0.15) is 6.61 Å². The van der Waals surface area contributed by atoms with E-state index in [0.717, 1.165) is 7.05 Å². The summed E-state index contributed by atoms with van der Waals surface area (Å²) in [5.41, 5.74) is 0. The lowest BCUT2D eigenvalue weighted by Crippen LogP contribution is -2.48. The van der Waals surface area contributed by atoms with Gasteiger partial charge in [0.05, 0.1) is 6.61 Å². The smallest absolute Gasteiger partial charge is 0.447 e. The second-order valence-corrected chi connectivity index (χ2v) is 2.91. The largest absolute Gasteiger partial charge is 0.490 e. The number of halogens is 7. The van der Waals surface area contributed by atoms with Gasteiger partial charge in [0, 0.05) is 7.05 Å². The molecule has 1 amide bonds. The standard InChI is InChI=1S/C7H8F7NO5/c1-15-4(16)17-2-3-18-7(12,13)19-5(8,9)6(10,11)20-14/h2-3H2,1H3,(H,15,16). The highest BCUT2D eigenvalue weighted by Gasteiger charge is 2.66. The molecule has 6 nitrogen and oxygen atoms in total. The Balaban J connectivity index is 4.34. The van der Waals surface area contributed by atoms with Gasteiger partial charge in [0.25, 0.3) is 0 Å². The van der Waals surface area contributed by atoms with Crippen molar-refractivity contribution in [2.75, 3.05) is 20.3 Å². The Morgan fingerprint density at radius 2 is 1.60 bits per heavy atom. The highest BCUT2D eigenvalue weighted by molar-refractivity contribution is 5.66. The van der Waals surface area contributed by atoms with Gasteiger partial charge in [0.2, 0.25) is 0 Å². The van der Waals surface area contributed by atoms with Gasteiger partial charge in [-0.3, -0.25) is 4.74 Å². The minimum absolute atomic E-state index is 0.819. The number of amides is 1. The van der Waals surface area contributed by atoms with Gasteiger partial charge in [-0.1, -0.05) is 0 Å². The SMILES string of the molecule is CNC(=O)OCCOC(F)(F)OC(F)(F)C(F)(F)OF. The number of rotatable bonds is 8. The zero-order chi connectivity index (χ0) is 16.0. The fourth-order valence-electron chi connectivity index (χ4n) is 0.650. The number of alkyl halides is 6. The van der Waals surface area contributed by atoms with Crippen LogP contribution in [0.3, 0.4) is 0 Å². The van der Waals surface area contributed by atoms with Crippen LogP contribution in [0.25, 0.3) is 0 Å². The molecular weight excluding hydrogens is 311 g/mol. The van der Waals surface area contributed by atoms with Crippen molar-refractivity contribution in [1.82, 2.24) is 5.32 Å². The number of hydrogen-bond acceptors (Lipinski definition) is 5. The molecule has 13 heteroatoms. The Morgan fingerprint density at radius 3 is 2.05 bits per heavy atom. The molecule has 1 N–H and O–H groups in total. The number of nitrogens with one attached hydrogen (secondary N) is 1. The predicted octanol–water partition coefficient (Wildman–Crippen LogP) is 2.01. The number of hydrogen-bond donors (Lipinski definition) is 1. The summed E-state index contributed by atoms with van der Waals surface area (Å²) in [6.07, 6.45) is -18.2. The van der Waals surface area contributed by atoms with E-state index < -0.39 is 37.8 Å². The minimum atomic E-state index is -6.01. The lowest BCUT2D eigenvalue weighted by atomic mass is 10.6. The summed E-state index contributed by atoms with van der Waals surface area (Å²) in [5, 5.41) is 1.92. The molecule has 0 aliphatic carbocycles. The van der Waals surface area contributed by atoms with E-state index in [4.69, 9.17) is 0 Å². The summed E-state index contributed by atoms with van der Waals surface area (Å²) in [5.74, 6) is 0. The monoisotopic (exact) mass is 319 g/mol. The molecule has 0 radical (unpaired) electrons. The molecule has 0 fully saturated rings. The second-order valence-electron chi connectivity index (χ2n) is 2.91. The van der Waals surface area contributed by atoms with Crippen molar-refractivity contribution in [2.24, 2.45) is 0 Å². The average Bonchev–Trinajstić information content (AvgIpc) is 2.32. The van der Waals surface area contributed by atoms with Crippen molar-refractivity contribution < 1.29 is 54.8 Å². The molecule has 0 heterocycles. The van der Waals surface area contributed by atoms with Crippen LogP contribution in [0, 0.1) is 0 Å². The topological polar surface area (TPSA) is 66.0 Å². The summed E-state index contributed by atoms with van der Waals surface area (Å²) in [6.45, 7) is -1.99. The normalized spacial score (nSPS) is 13.2. The molecule has 0 rings (SSSR count). The molecule has 0 aliphatic rings. The van der Waals surface area contributed by atoms with E-state index >= 15 is 0 Å². The lowest BCUT2D eigenvalue weighted by Gasteiger charge is -2.25. The zero-order valence-corrected chi connectivity index (χ0v) is 9.60. The van der Waals surface area contributed by atoms with Gasteiger partial charge in [-0.2, -0.15) is 17.6 Å². The highest BCUT2D eigenvalue weighted by atomic mass is 19.4. The Hall–Kier alpha value is -1.34. The fraction of sp³-hybridized carbons (Fsp3) is 0.857. The van der Waals surface area contributed by atoms with Crippen LogP contribution in [-0.2, 0) is 19.2 Å². The Bertz CT molecular complexity index is 327. The van der Waals surface area contributed by atoms with E-state index in [9.17, 15) is 35.7 Å². The quantitative estimate of drug-likeness (QED) is 0.421. The maximum Gasteiger partial charge on any atom is 0.490 e. The zero-order valence-electron chi connectivity index (χ0n) is 9.60. The van der Waals surface area contributed by atoms with Crippen molar-refractivity contribution >= 4 is 6.09 Å². The first-order valence-corrected chi connectivity index (χ1v) is 4.59. The van der Waals surface area contributed by atoms with Crippen LogP contribution in [0.2, 0.25) is 0 Å². The van der Waals surface area contributed by atoms with E-state index in [0.29, 0.717) is 0 Å². The van der Waals surface area contributed by atoms with Gasteiger partial charge in [-0.25, -0.2) is 9.53 Å². The average molecular weight is 319 g/mol. The summed E-state index contributed by atoms with van der Waals surface area (Å²) in [7, 11) is 1.14. The van der Waals surface area contributed by atoms with Crippen LogP contribution in [-0.4, -0.2) is 44.9 Å². The van der Waals surface area contributed by atoms with Crippen molar-refractivity contribution in [3.63, 3.8) is 0 Å². The molecule has 0 saturated heterocycles. The van der Waals surface area contributed by atoms with Gasteiger partial charge in [0.15, 0.2) is 0 Å². The number of alkyl carbamates (subject to hydrolysis) is 1. The minimum Gasteiger partial charge on any atom is -0.447 e. The summed E-state index contributed by atoms with van der Waals surface area (Å²) < 4.78 is 95.1. The molecule has 0 spiro atoms. The summed E-state index contributed by atoms with van der Waals surface area (Å²) >= 11 is 0. The molecule has 0 aromatic heterocycles. The Morgan fingerprint density at radius 1 is 1.05 bits per heavy atom. The Kier molecular flexibility index (Phi) is 6.43. The van der Waals surface area contributed by atoms with E-state index in [1.165, 1.54) is 0 Å². The van der Waals surface area contributed by atoms with Crippen molar-refractivity contribution in [3.05, 3.63) is 0 Å². The van der Waals surface area contributed by atoms with Crippen LogP contribution in [0.5, 0.6) is 0 Å². The number of carbonyl (C=O) groups is 1. The van der Waals surface area contributed by atoms with Crippen LogP contribution in [0.15, 0.2) is 0 Å². The molecule has 0 aliphatic heterocycles. The van der Waals surface area contributed by atoms with Gasteiger partial charge < -0.3 is 10.1 Å². The number of ether oxygens (including phenoxy) is 3. The van der Waals surface area contributed by atoms with E-state index in [-0.39, 0.29) is 0 Å². The van der Waals surface area contributed by atoms with Crippen molar-refractivity contribution in [2.45, 2.75) is 18.5 Å². The highest BCUT2D eigenvalue weighted by Crippen LogP contribution is 2.40. The third-order valence-corrected chi connectivity index (χ3v) is 1.47. The second kappa shape index (κ2) is 6.90. The first-order valence-electron chi connectivity index (χ1n) is 4.59. The van der Waals surface area contributed by atoms with E-state index in [1.807, 2.05) is 5.32 Å². The first-order chi connectivity index (χ1) is 8.97. The fourth-order valence-corrected chi connectivity index (χ4v) is 0.650. The molecule has 0 aromatic rings.